The lowest BCUT2D eigenvalue weighted by atomic mass is 9.49. The summed E-state index contributed by atoms with van der Waals surface area (Å²) in [5.74, 6) is -4.21. The van der Waals surface area contributed by atoms with Crippen molar-refractivity contribution in [2.24, 2.45) is 23.2 Å². The normalized spacial score (nSPS) is 28.8. The van der Waals surface area contributed by atoms with Gasteiger partial charge in [0, 0.05) is 5.41 Å². The zero-order valence-corrected chi connectivity index (χ0v) is 16.4. The van der Waals surface area contributed by atoms with E-state index in [0.29, 0.717) is 23.8 Å². The molecule has 1 aromatic carbocycles. The van der Waals surface area contributed by atoms with E-state index in [1.54, 1.807) is 0 Å². The molecule has 0 unspecified atom stereocenters. The van der Waals surface area contributed by atoms with E-state index in [2.05, 4.69) is 16.0 Å². The Kier molecular flexibility index (Phi) is 5.46. The molecule has 0 aromatic heterocycles. The molecule has 3 N–H and O–H groups in total. The van der Waals surface area contributed by atoms with Crippen molar-refractivity contribution in [3.63, 3.8) is 0 Å². The van der Waals surface area contributed by atoms with Crippen molar-refractivity contribution in [2.45, 2.75) is 38.5 Å². The van der Waals surface area contributed by atoms with Crippen molar-refractivity contribution in [3.05, 3.63) is 29.6 Å². The smallest absolute Gasteiger partial charge is 0.243 e. The average Bonchev–Trinajstić information content (AvgIpc) is 2.70. The lowest BCUT2D eigenvalue weighted by molar-refractivity contribution is -0.147. The minimum Gasteiger partial charge on any atom is -0.347 e. The molecule has 162 valence electrons. The van der Waals surface area contributed by atoms with Crippen LogP contribution < -0.4 is 16.0 Å². The summed E-state index contributed by atoms with van der Waals surface area (Å²) in [4.78, 5) is 36.6. The maximum Gasteiger partial charge on any atom is 0.243 e. The van der Waals surface area contributed by atoms with E-state index >= 15 is 0 Å². The maximum atomic E-state index is 13.6. The molecule has 0 radical (unpaired) electrons. The van der Waals surface area contributed by atoms with Crippen LogP contribution in [0.25, 0.3) is 0 Å². The fraction of sp³-hybridized carbons (Fsp3) is 0.571. The second-order valence-electron chi connectivity index (χ2n) is 8.93. The Bertz CT molecular complexity index is 854. The Morgan fingerprint density at radius 2 is 1.40 bits per heavy atom. The number of benzene rings is 1. The molecular weight excluding hydrogens is 399 g/mol. The summed E-state index contributed by atoms with van der Waals surface area (Å²) in [5, 5.41) is 7.09. The van der Waals surface area contributed by atoms with Crippen LogP contribution in [-0.4, -0.2) is 30.8 Å². The highest BCUT2D eigenvalue weighted by atomic mass is 19.2. The van der Waals surface area contributed by atoms with Crippen molar-refractivity contribution in [3.8, 4) is 0 Å². The van der Waals surface area contributed by atoms with Crippen LogP contribution >= 0.6 is 0 Å². The molecule has 0 spiro atoms. The third-order valence-electron chi connectivity index (χ3n) is 6.68. The van der Waals surface area contributed by atoms with Gasteiger partial charge in [-0.2, -0.15) is 0 Å². The van der Waals surface area contributed by atoms with Gasteiger partial charge >= 0.3 is 0 Å². The lowest BCUT2D eigenvalue weighted by Gasteiger charge is -2.55. The van der Waals surface area contributed by atoms with Crippen LogP contribution in [0.4, 0.5) is 18.9 Å². The fourth-order valence-electron chi connectivity index (χ4n) is 5.79. The summed E-state index contributed by atoms with van der Waals surface area (Å²) in [6.07, 6.45) is 6.28. The Balaban J connectivity index is 1.23. The van der Waals surface area contributed by atoms with E-state index in [-0.39, 0.29) is 17.9 Å². The lowest BCUT2D eigenvalue weighted by Crippen LogP contribution is -2.54. The summed E-state index contributed by atoms with van der Waals surface area (Å²) in [5.41, 5.74) is -0.889. The topological polar surface area (TPSA) is 87.3 Å². The first-order valence-corrected chi connectivity index (χ1v) is 10.2. The molecule has 0 heterocycles. The number of hydrogen-bond acceptors (Lipinski definition) is 3. The van der Waals surface area contributed by atoms with Gasteiger partial charge in [0.15, 0.2) is 17.5 Å². The van der Waals surface area contributed by atoms with Gasteiger partial charge in [0.2, 0.25) is 17.7 Å². The van der Waals surface area contributed by atoms with E-state index in [0.717, 1.165) is 25.3 Å². The average molecular weight is 423 g/mol. The van der Waals surface area contributed by atoms with Crippen molar-refractivity contribution in [2.75, 3.05) is 18.4 Å². The summed E-state index contributed by atoms with van der Waals surface area (Å²) >= 11 is 0. The fourth-order valence-corrected chi connectivity index (χ4v) is 5.79. The SMILES string of the molecule is O=C(CNC(=O)C12CC3CC(CC(C3)C1)C2)NCC(=O)Nc1ccc(F)c(F)c1F. The zero-order valence-electron chi connectivity index (χ0n) is 16.4. The van der Waals surface area contributed by atoms with Gasteiger partial charge < -0.3 is 16.0 Å². The van der Waals surface area contributed by atoms with E-state index in [1.807, 2.05) is 0 Å². The molecule has 4 aliphatic carbocycles. The molecule has 4 fully saturated rings. The molecule has 3 amide bonds. The van der Waals surface area contributed by atoms with Gasteiger partial charge in [-0.1, -0.05) is 0 Å². The van der Waals surface area contributed by atoms with Gasteiger partial charge in [-0.15, -0.1) is 0 Å². The van der Waals surface area contributed by atoms with Gasteiger partial charge in [0.25, 0.3) is 0 Å². The number of amides is 3. The van der Waals surface area contributed by atoms with Gasteiger partial charge in [-0.25, -0.2) is 13.2 Å². The van der Waals surface area contributed by atoms with Crippen LogP contribution in [0.15, 0.2) is 12.1 Å². The van der Waals surface area contributed by atoms with Gasteiger partial charge in [-0.05, 0) is 68.4 Å². The first kappa shape index (κ1) is 20.7. The molecule has 9 heteroatoms. The third kappa shape index (κ3) is 4.02. The number of rotatable bonds is 6. The molecule has 0 aliphatic heterocycles. The predicted octanol–water partition coefficient (Wildman–Crippen LogP) is 2.49. The van der Waals surface area contributed by atoms with Crippen LogP contribution in [0, 0.1) is 40.6 Å². The second-order valence-corrected chi connectivity index (χ2v) is 8.93. The minimum absolute atomic E-state index is 0.0925. The highest BCUT2D eigenvalue weighted by Crippen LogP contribution is 2.60. The van der Waals surface area contributed by atoms with Crippen LogP contribution in [0.3, 0.4) is 0 Å². The summed E-state index contributed by atoms with van der Waals surface area (Å²) in [6, 6.07) is 1.58. The number of hydrogen-bond donors (Lipinski definition) is 3. The number of halogens is 3. The quantitative estimate of drug-likeness (QED) is 0.615. The number of anilines is 1. The third-order valence-corrected chi connectivity index (χ3v) is 6.68. The Labute approximate surface area is 172 Å². The van der Waals surface area contributed by atoms with Gasteiger partial charge in [-0.3, -0.25) is 14.4 Å². The molecule has 0 saturated heterocycles. The second kappa shape index (κ2) is 7.92. The molecule has 6 nitrogen and oxygen atoms in total. The maximum absolute atomic E-state index is 13.6. The van der Waals surface area contributed by atoms with Crippen LogP contribution in [0.1, 0.15) is 38.5 Å². The van der Waals surface area contributed by atoms with Gasteiger partial charge in [0.05, 0.1) is 18.8 Å². The largest absolute Gasteiger partial charge is 0.347 e. The molecule has 0 atom stereocenters. The van der Waals surface area contributed by atoms with Crippen LogP contribution in [0.2, 0.25) is 0 Å². The Morgan fingerprint density at radius 1 is 0.833 bits per heavy atom. The molecule has 30 heavy (non-hydrogen) atoms. The molecule has 1 aromatic rings. The first-order chi connectivity index (χ1) is 14.3. The highest BCUT2D eigenvalue weighted by molar-refractivity contribution is 5.95. The molecule has 4 bridgehead atoms. The van der Waals surface area contributed by atoms with Gasteiger partial charge in [0.1, 0.15) is 0 Å². The highest BCUT2D eigenvalue weighted by Gasteiger charge is 2.54. The summed E-state index contributed by atoms with van der Waals surface area (Å²) in [7, 11) is 0. The monoisotopic (exact) mass is 423 g/mol. The standard InChI is InChI=1S/C21H24F3N3O3/c22-14-1-2-15(19(24)18(14)23)27-17(29)10-25-16(28)9-26-20(30)21-6-11-3-12(7-21)5-13(4-11)8-21/h1-2,11-13H,3-10H2,(H,25,28)(H,26,30)(H,27,29). The number of nitrogens with one attached hydrogen (secondary N) is 3. The molecular formula is C21H24F3N3O3. The van der Waals surface area contributed by atoms with Crippen molar-refractivity contribution in [1.29, 1.82) is 0 Å². The van der Waals surface area contributed by atoms with Crippen LogP contribution in [-0.2, 0) is 14.4 Å². The minimum atomic E-state index is -1.69. The van der Waals surface area contributed by atoms with E-state index < -0.39 is 41.5 Å². The predicted molar refractivity (Wildman–Crippen MR) is 102 cm³/mol. The number of carbonyl (C=O) groups is 3. The van der Waals surface area contributed by atoms with Crippen molar-refractivity contribution in [1.82, 2.24) is 10.6 Å². The van der Waals surface area contributed by atoms with E-state index in [4.69, 9.17) is 0 Å². The summed E-state index contributed by atoms with van der Waals surface area (Å²) < 4.78 is 39.7. The Morgan fingerprint density at radius 3 is 2.00 bits per heavy atom. The van der Waals surface area contributed by atoms with E-state index in [9.17, 15) is 27.6 Å². The molecule has 4 aliphatic rings. The van der Waals surface area contributed by atoms with Crippen LogP contribution in [0.5, 0.6) is 0 Å². The van der Waals surface area contributed by atoms with E-state index in [1.165, 1.54) is 19.3 Å². The summed E-state index contributed by atoms with van der Waals surface area (Å²) in [6.45, 7) is -0.752. The zero-order chi connectivity index (χ0) is 21.5. The molecule has 4 saturated carbocycles. The van der Waals surface area contributed by atoms with Crippen molar-refractivity contribution >= 4 is 23.4 Å². The van der Waals surface area contributed by atoms with Crippen molar-refractivity contribution < 1.29 is 27.6 Å². The molecule has 5 rings (SSSR count). The number of carbonyl (C=O) groups excluding carboxylic acids is 3. The first-order valence-electron chi connectivity index (χ1n) is 10.2. The Hall–Kier alpha value is -2.58.